The van der Waals surface area contributed by atoms with Gasteiger partial charge in [0.2, 0.25) is 15.8 Å². The molecule has 124 valence electrons. The van der Waals surface area contributed by atoms with E-state index in [-0.39, 0.29) is 16.6 Å². The van der Waals surface area contributed by atoms with Crippen molar-refractivity contribution in [2.75, 3.05) is 6.54 Å². The molecule has 23 heavy (non-hydrogen) atoms. The maximum atomic E-state index is 12.0. The molecule has 0 bridgehead atoms. The summed E-state index contributed by atoms with van der Waals surface area (Å²) in [6.07, 6.45) is 1.19. The molecule has 1 aromatic carbocycles. The second-order valence-electron chi connectivity index (χ2n) is 5.07. The molecule has 0 atom stereocenters. The van der Waals surface area contributed by atoms with Gasteiger partial charge in [-0.1, -0.05) is 19.1 Å². The molecule has 0 saturated carbocycles. The Balaban J connectivity index is 1.91. The highest BCUT2D eigenvalue weighted by molar-refractivity contribution is 7.89. The molecule has 0 spiro atoms. The Morgan fingerprint density at radius 1 is 1.30 bits per heavy atom. The first kappa shape index (κ1) is 17.2. The summed E-state index contributed by atoms with van der Waals surface area (Å²) in [5, 5.41) is 7.79. The molecular formula is C15H19N3O4S. The van der Waals surface area contributed by atoms with E-state index in [4.69, 9.17) is 9.56 Å². The predicted molar refractivity (Wildman–Crippen MR) is 84.5 cm³/mol. The van der Waals surface area contributed by atoms with Crippen LogP contribution in [0.2, 0.25) is 0 Å². The third-order valence-corrected chi connectivity index (χ3v) is 4.23. The third-order valence-electron chi connectivity index (χ3n) is 3.30. The summed E-state index contributed by atoms with van der Waals surface area (Å²) >= 11 is 0. The van der Waals surface area contributed by atoms with Crippen molar-refractivity contribution in [3.05, 3.63) is 47.2 Å². The van der Waals surface area contributed by atoms with E-state index in [0.717, 1.165) is 5.56 Å². The predicted octanol–water partition coefficient (Wildman–Crippen LogP) is 1.17. The van der Waals surface area contributed by atoms with Crippen LogP contribution in [0.1, 0.15) is 34.6 Å². The highest BCUT2D eigenvalue weighted by Crippen LogP contribution is 2.11. The summed E-state index contributed by atoms with van der Waals surface area (Å²) in [7, 11) is -3.68. The number of primary sulfonamides is 1. The molecule has 1 heterocycles. The van der Waals surface area contributed by atoms with E-state index in [0.29, 0.717) is 31.0 Å². The number of carbonyl (C=O) groups is 1. The fourth-order valence-electron chi connectivity index (χ4n) is 2.06. The van der Waals surface area contributed by atoms with Gasteiger partial charge in [0.15, 0.2) is 5.89 Å². The number of sulfonamides is 1. The number of nitrogens with two attached hydrogens (primary N) is 1. The average Bonchev–Trinajstić information content (AvgIpc) is 2.88. The van der Waals surface area contributed by atoms with Crippen molar-refractivity contribution in [2.45, 2.75) is 31.6 Å². The zero-order chi connectivity index (χ0) is 17.0. The second kappa shape index (κ2) is 6.93. The average molecular weight is 337 g/mol. The maximum absolute atomic E-state index is 12.0. The molecule has 0 radical (unpaired) electrons. The van der Waals surface area contributed by atoms with Crippen LogP contribution >= 0.6 is 0 Å². The normalized spacial score (nSPS) is 11.4. The Morgan fingerprint density at radius 2 is 1.96 bits per heavy atom. The number of oxazole rings is 1. The first-order chi connectivity index (χ1) is 10.8. The number of nitrogens with one attached hydrogen (secondary N) is 1. The summed E-state index contributed by atoms with van der Waals surface area (Å²) in [5.74, 6) is 0.452. The van der Waals surface area contributed by atoms with Gasteiger partial charge in [-0.3, -0.25) is 4.79 Å². The van der Waals surface area contributed by atoms with Gasteiger partial charge in [0, 0.05) is 13.0 Å². The number of hydrogen-bond donors (Lipinski definition) is 2. The van der Waals surface area contributed by atoms with Crippen LogP contribution in [0.15, 0.2) is 33.6 Å². The molecule has 0 aliphatic heterocycles. The lowest BCUT2D eigenvalue weighted by molar-refractivity contribution is 0.0924. The van der Waals surface area contributed by atoms with Crippen molar-refractivity contribution >= 4 is 15.9 Å². The molecule has 8 heteroatoms. The lowest BCUT2D eigenvalue weighted by Gasteiger charge is -2.05. The molecule has 0 aliphatic rings. The van der Waals surface area contributed by atoms with E-state index in [9.17, 15) is 13.2 Å². The smallest absolute Gasteiger partial charge is 0.289 e. The molecule has 1 aromatic heterocycles. The highest BCUT2D eigenvalue weighted by atomic mass is 32.2. The van der Waals surface area contributed by atoms with Gasteiger partial charge in [0.05, 0.1) is 10.6 Å². The largest absolute Gasteiger partial charge is 0.435 e. The minimum Gasteiger partial charge on any atom is -0.435 e. The van der Waals surface area contributed by atoms with Gasteiger partial charge >= 0.3 is 0 Å². The monoisotopic (exact) mass is 337 g/mol. The number of aromatic nitrogens is 1. The zero-order valence-corrected chi connectivity index (χ0v) is 13.8. The van der Waals surface area contributed by atoms with Gasteiger partial charge in [-0.25, -0.2) is 18.5 Å². The summed E-state index contributed by atoms with van der Waals surface area (Å²) in [6, 6.07) is 6.22. The number of benzene rings is 1. The van der Waals surface area contributed by atoms with Gasteiger partial charge < -0.3 is 9.73 Å². The minimum atomic E-state index is -3.68. The number of hydrogen-bond acceptors (Lipinski definition) is 5. The van der Waals surface area contributed by atoms with Gasteiger partial charge in [-0.05, 0) is 31.0 Å². The third kappa shape index (κ3) is 4.40. The Hall–Kier alpha value is -2.19. The van der Waals surface area contributed by atoms with E-state index < -0.39 is 10.0 Å². The maximum Gasteiger partial charge on any atom is 0.289 e. The number of aryl methyl sites for hydroxylation is 2. The Morgan fingerprint density at radius 3 is 2.48 bits per heavy atom. The first-order valence-electron chi connectivity index (χ1n) is 7.17. The van der Waals surface area contributed by atoms with Crippen molar-refractivity contribution in [3.8, 4) is 0 Å². The van der Waals surface area contributed by atoms with Crippen LogP contribution in [0, 0.1) is 6.92 Å². The summed E-state index contributed by atoms with van der Waals surface area (Å²) in [4.78, 5) is 16.2. The number of amides is 1. The summed E-state index contributed by atoms with van der Waals surface area (Å²) < 4.78 is 27.7. The SMILES string of the molecule is CCc1nc(C)c(C(=O)NCCc2ccc(S(N)(=O)=O)cc2)o1. The number of nitrogens with zero attached hydrogens (tertiary/aromatic N) is 1. The van der Waals surface area contributed by atoms with Gasteiger partial charge in [0.1, 0.15) is 0 Å². The molecule has 0 saturated heterocycles. The van der Waals surface area contributed by atoms with Crippen LogP contribution in [0.5, 0.6) is 0 Å². The lowest BCUT2D eigenvalue weighted by Crippen LogP contribution is -2.26. The molecule has 0 unspecified atom stereocenters. The molecule has 3 N–H and O–H groups in total. The molecule has 2 rings (SSSR count). The zero-order valence-electron chi connectivity index (χ0n) is 13.0. The fourth-order valence-corrected chi connectivity index (χ4v) is 2.58. The minimum absolute atomic E-state index is 0.0645. The summed E-state index contributed by atoms with van der Waals surface area (Å²) in [6.45, 7) is 4.02. The van der Waals surface area contributed by atoms with Crippen LogP contribution in [0.25, 0.3) is 0 Å². The van der Waals surface area contributed by atoms with Crippen LogP contribution < -0.4 is 10.5 Å². The Kier molecular flexibility index (Phi) is 5.17. The lowest BCUT2D eigenvalue weighted by atomic mass is 10.1. The number of rotatable bonds is 6. The second-order valence-corrected chi connectivity index (χ2v) is 6.63. The van der Waals surface area contributed by atoms with Crippen molar-refractivity contribution < 1.29 is 17.6 Å². The van der Waals surface area contributed by atoms with Gasteiger partial charge in [0.25, 0.3) is 5.91 Å². The fraction of sp³-hybridized carbons (Fsp3) is 0.333. The van der Waals surface area contributed by atoms with Crippen molar-refractivity contribution in [2.24, 2.45) is 5.14 Å². The molecular weight excluding hydrogens is 318 g/mol. The van der Waals surface area contributed by atoms with Gasteiger partial charge in [-0.2, -0.15) is 0 Å². The Bertz CT molecular complexity index is 795. The molecule has 2 aromatic rings. The molecule has 1 amide bonds. The number of carbonyl (C=O) groups excluding carboxylic acids is 1. The van der Waals surface area contributed by atoms with E-state index in [2.05, 4.69) is 10.3 Å². The quantitative estimate of drug-likeness (QED) is 0.821. The van der Waals surface area contributed by atoms with Crippen molar-refractivity contribution in [1.29, 1.82) is 0 Å². The highest BCUT2D eigenvalue weighted by Gasteiger charge is 2.16. The summed E-state index contributed by atoms with van der Waals surface area (Å²) in [5.41, 5.74) is 1.46. The van der Waals surface area contributed by atoms with Crippen LogP contribution in [-0.4, -0.2) is 25.9 Å². The molecule has 7 nitrogen and oxygen atoms in total. The molecule has 0 aliphatic carbocycles. The van der Waals surface area contributed by atoms with Crippen molar-refractivity contribution in [1.82, 2.24) is 10.3 Å². The van der Waals surface area contributed by atoms with Crippen molar-refractivity contribution in [3.63, 3.8) is 0 Å². The van der Waals surface area contributed by atoms with E-state index in [1.54, 1.807) is 19.1 Å². The molecule has 0 fully saturated rings. The van der Waals surface area contributed by atoms with E-state index in [1.807, 2.05) is 6.92 Å². The van der Waals surface area contributed by atoms with E-state index in [1.165, 1.54) is 12.1 Å². The van der Waals surface area contributed by atoms with Gasteiger partial charge in [-0.15, -0.1) is 0 Å². The van der Waals surface area contributed by atoms with Crippen LogP contribution in [0.3, 0.4) is 0 Å². The van der Waals surface area contributed by atoms with E-state index >= 15 is 0 Å². The first-order valence-corrected chi connectivity index (χ1v) is 8.72. The standard InChI is InChI=1S/C15H19N3O4S/c1-3-13-18-10(2)14(22-13)15(19)17-9-8-11-4-6-12(7-5-11)23(16,20)21/h4-7H,3,8-9H2,1-2H3,(H,17,19)(H2,16,20,21). The van der Waals surface area contributed by atoms with Crippen LogP contribution in [0.4, 0.5) is 0 Å². The van der Waals surface area contributed by atoms with Crippen LogP contribution in [-0.2, 0) is 22.9 Å². The topological polar surface area (TPSA) is 115 Å². The Labute approximate surface area is 135 Å².